The monoisotopic (exact) mass is 364 g/mol. The van der Waals surface area contributed by atoms with Crippen LogP contribution in [0.25, 0.3) is 0 Å². The Balaban J connectivity index is 1.91. The van der Waals surface area contributed by atoms with Crippen molar-refractivity contribution in [1.82, 2.24) is 0 Å². The van der Waals surface area contributed by atoms with E-state index in [1.807, 2.05) is 18.2 Å². The van der Waals surface area contributed by atoms with Crippen molar-refractivity contribution in [2.24, 2.45) is 0 Å². The lowest BCUT2D eigenvalue weighted by atomic mass is 10.1. The van der Waals surface area contributed by atoms with Crippen LogP contribution in [0.3, 0.4) is 0 Å². The van der Waals surface area contributed by atoms with Crippen LogP contribution in [0, 0.1) is 0 Å². The van der Waals surface area contributed by atoms with E-state index in [2.05, 4.69) is 20.7 Å². The van der Waals surface area contributed by atoms with Crippen LogP contribution in [0.2, 0.25) is 0 Å². The number of esters is 1. The number of carbonyl (C=O) groups excluding carboxylic acids is 1. The highest BCUT2D eigenvalue weighted by Crippen LogP contribution is 2.22. The largest absolute Gasteiger partial charge is 0.497 e. The summed E-state index contributed by atoms with van der Waals surface area (Å²) in [6, 6.07) is 12.8. The Kier molecular flexibility index (Phi) is 5.83. The van der Waals surface area contributed by atoms with E-state index in [0.717, 1.165) is 28.0 Å². The van der Waals surface area contributed by atoms with Gasteiger partial charge in [0.2, 0.25) is 0 Å². The first-order valence-corrected chi connectivity index (χ1v) is 7.56. The quantitative estimate of drug-likeness (QED) is 0.730. The number of ether oxygens (including phenoxy) is 3. The highest BCUT2D eigenvalue weighted by atomic mass is 79.9. The molecule has 0 spiro atoms. The number of hydrogen-bond donors (Lipinski definition) is 0. The maximum absolute atomic E-state index is 11.3. The third-order valence-electron chi connectivity index (χ3n) is 3.10. The molecule has 5 heteroatoms. The summed E-state index contributed by atoms with van der Waals surface area (Å²) in [5, 5.41) is 0. The molecule has 0 N–H and O–H groups in total. The van der Waals surface area contributed by atoms with Crippen LogP contribution in [0.5, 0.6) is 11.5 Å². The molecule has 2 aromatic carbocycles. The van der Waals surface area contributed by atoms with E-state index in [4.69, 9.17) is 9.47 Å². The fourth-order valence-electron chi connectivity index (χ4n) is 1.97. The van der Waals surface area contributed by atoms with Crippen molar-refractivity contribution in [3.05, 3.63) is 58.1 Å². The Hall–Kier alpha value is -2.01. The molecular weight excluding hydrogens is 348 g/mol. The second-order valence-corrected chi connectivity index (χ2v) is 5.53. The number of carbonyl (C=O) groups is 1. The second kappa shape index (κ2) is 7.84. The van der Waals surface area contributed by atoms with Crippen molar-refractivity contribution in [3.8, 4) is 11.5 Å². The van der Waals surface area contributed by atoms with Gasteiger partial charge in [-0.1, -0.05) is 15.9 Å². The lowest BCUT2D eigenvalue weighted by Gasteiger charge is -2.08. The first-order chi connectivity index (χ1) is 10.6. The molecule has 0 amide bonds. The van der Waals surface area contributed by atoms with Crippen molar-refractivity contribution in [2.45, 2.75) is 6.42 Å². The van der Waals surface area contributed by atoms with Crippen LogP contribution in [-0.4, -0.2) is 26.8 Å². The number of rotatable bonds is 6. The van der Waals surface area contributed by atoms with Crippen LogP contribution in [0.1, 0.15) is 15.9 Å². The molecule has 0 heterocycles. The zero-order valence-electron chi connectivity index (χ0n) is 12.5. The molecule has 0 atom stereocenters. The predicted octanol–water partition coefficient (Wildman–Crippen LogP) is 3.87. The first-order valence-electron chi connectivity index (χ1n) is 6.77. The van der Waals surface area contributed by atoms with Gasteiger partial charge < -0.3 is 14.2 Å². The van der Waals surface area contributed by atoms with Gasteiger partial charge in [0, 0.05) is 10.9 Å². The van der Waals surface area contributed by atoms with Gasteiger partial charge in [0.1, 0.15) is 11.5 Å². The Morgan fingerprint density at radius 2 is 1.77 bits per heavy atom. The molecule has 0 aliphatic heterocycles. The summed E-state index contributed by atoms with van der Waals surface area (Å²) in [6.45, 7) is 0.539. The summed E-state index contributed by atoms with van der Waals surface area (Å²) >= 11 is 3.45. The van der Waals surface area contributed by atoms with Gasteiger partial charge in [-0.3, -0.25) is 0 Å². The van der Waals surface area contributed by atoms with Gasteiger partial charge in [0.05, 0.1) is 26.4 Å². The molecule has 4 nitrogen and oxygen atoms in total. The van der Waals surface area contributed by atoms with Crippen molar-refractivity contribution < 1.29 is 19.0 Å². The maximum atomic E-state index is 11.3. The van der Waals surface area contributed by atoms with Gasteiger partial charge in [-0.15, -0.1) is 0 Å². The zero-order valence-corrected chi connectivity index (χ0v) is 14.1. The van der Waals surface area contributed by atoms with Gasteiger partial charge in [-0.05, 0) is 48.0 Å². The standard InChI is InChI=1S/C17H17BrO4/c1-20-16-10-12(9-14(18)11-16)7-8-22-15-5-3-13(4-6-15)17(19)21-2/h3-6,9-11H,7-8H2,1-2H3. The summed E-state index contributed by atoms with van der Waals surface area (Å²) in [5.41, 5.74) is 1.63. The molecule has 0 unspecified atom stereocenters. The zero-order chi connectivity index (χ0) is 15.9. The summed E-state index contributed by atoms with van der Waals surface area (Å²) in [6.07, 6.45) is 0.758. The van der Waals surface area contributed by atoms with Gasteiger partial charge >= 0.3 is 5.97 Å². The van der Waals surface area contributed by atoms with Crippen LogP contribution < -0.4 is 9.47 Å². The van der Waals surface area contributed by atoms with Crippen LogP contribution in [-0.2, 0) is 11.2 Å². The highest BCUT2D eigenvalue weighted by molar-refractivity contribution is 9.10. The van der Waals surface area contributed by atoms with Crippen molar-refractivity contribution in [3.63, 3.8) is 0 Å². The van der Waals surface area contributed by atoms with Gasteiger partial charge in [-0.25, -0.2) is 4.79 Å². The molecule has 2 rings (SSSR count). The molecule has 116 valence electrons. The van der Waals surface area contributed by atoms with Crippen molar-refractivity contribution in [1.29, 1.82) is 0 Å². The number of hydrogen-bond acceptors (Lipinski definition) is 4. The first kappa shape index (κ1) is 16.4. The van der Waals surface area contributed by atoms with Crippen LogP contribution >= 0.6 is 15.9 Å². The van der Waals surface area contributed by atoms with Crippen molar-refractivity contribution in [2.75, 3.05) is 20.8 Å². The maximum Gasteiger partial charge on any atom is 0.337 e. The minimum absolute atomic E-state index is 0.354. The highest BCUT2D eigenvalue weighted by Gasteiger charge is 2.05. The fourth-order valence-corrected chi connectivity index (χ4v) is 2.49. The van der Waals surface area contributed by atoms with Crippen LogP contribution in [0.4, 0.5) is 0 Å². The van der Waals surface area contributed by atoms with Crippen molar-refractivity contribution >= 4 is 21.9 Å². The van der Waals surface area contributed by atoms with E-state index in [-0.39, 0.29) is 5.97 Å². The van der Waals surface area contributed by atoms with E-state index in [9.17, 15) is 4.79 Å². The minimum Gasteiger partial charge on any atom is -0.497 e. The molecule has 2 aromatic rings. The predicted molar refractivity (Wildman–Crippen MR) is 87.7 cm³/mol. The smallest absolute Gasteiger partial charge is 0.337 e. The Labute approximate surface area is 138 Å². The number of benzene rings is 2. The number of halogens is 1. The van der Waals surface area contributed by atoms with Gasteiger partial charge in [0.15, 0.2) is 0 Å². The summed E-state index contributed by atoms with van der Waals surface area (Å²) in [7, 11) is 3.00. The topological polar surface area (TPSA) is 44.8 Å². The lowest BCUT2D eigenvalue weighted by molar-refractivity contribution is 0.0600. The summed E-state index contributed by atoms with van der Waals surface area (Å²) < 4.78 is 16.5. The molecule has 22 heavy (non-hydrogen) atoms. The molecule has 0 aromatic heterocycles. The molecular formula is C17H17BrO4. The van der Waals surface area contributed by atoms with E-state index < -0.39 is 0 Å². The molecule has 0 saturated heterocycles. The fraction of sp³-hybridized carbons (Fsp3) is 0.235. The second-order valence-electron chi connectivity index (χ2n) is 4.61. The summed E-state index contributed by atoms with van der Waals surface area (Å²) in [5.74, 6) is 1.18. The SMILES string of the molecule is COC(=O)c1ccc(OCCc2cc(Br)cc(OC)c2)cc1. The number of methoxy groups -OCH3 is 2. The Bertz CT molecular complexity index is 638. The molecule has 0 saturated carbocycles. The lowest BCUT2D eigenvalue weighted by Crippen LogP contribution is -2.03. The normalized spacial score (nSPS) is 10.1. The molecule has 0 fully saturated rings. The van der Waals surface area contributed by atoms with E-state index >= 15 is 0 Å². The van der Waals surface area contributed by atoms with E-state index in [1.54, 1.807) is 31.4 Å². The molecule has 0 aliphatic rings. The van der Waals surface area contributed by atoms with Gasteiger partial charge in [-0.2, -0.15) is 0 Å². The third kappa shape index (κ3) is 4.49. The molecule has 0 aliphatic carbocycles. The Morgan fingerprint density at radius 3 is 2.41 bits per heavy atom. The molecule has 0 bridgehead atoms. The minimum atomic E-state index is -0.354. The summed E-state index contributed by atoms with van der Waals surface area (Å²) in [4.78, 5) is 11.3. The Morgan fingerprint density at radius 1 is 1.05 bits per heavy atom. The van der Waals surface area contributed by atoms with Gasteiger partial charge in [0.25, 0.3) is 0 Å². The van der Waals surface area contributed by atoms with E-state index in [0.29, 0.717) is 12.2 Å². The van der Waals surface area contributed by atoms with Crippen LogP contribution in [0.15, 0.2) is 46.9 Å². The van der Waals surface area contributed by atoms with E-state index in [1.165, 1.54) is 7.11 Å². The molecule has 0 radical (unpaired) electrons. The average Bonchev–Trinajstić information content (AvgIpc) is 2.54. The third-order valence-corrected chi connectivity index (χ3v) is 3.56. The average molecular weight is 365 g/mol.